The summed E-state index contributed by atoms with van der Waals surface area (Å²) >= 11 is 0. The summed E-state index contributed by atoms with van der Waals surface area (Å²) in [7, 11) is 0. The topological polar surface area (TPSA) is 9.23 Å². The van der Waals surface area contributed by atoms with Crippen molar-refractivity contribution in [3.63, 3.8) is 0 Å². The molecule has 0 saturated heterocycles. The van der Waals surface area contributed by atoms with Crippen LogP contribution in [-0.2, 0) is 4.74 Å². The molecule has 0 atom stereocenters. The van der Waals surface area contributed by atoms with E-state index in [1.807, 2.05) is 19.9 Å². The number of ether oxygens (including phenoxy) is 1. The minimum Gasteiger partial charge on any atom is -0.497 e. The molecule has 0 aliphatic carbocycles. The molecule has 0 rings (SSSR count). The van der Waals surface area contributed by atoms with Gasteiger partial charge in [-0.3, -0.25) is 0 Å². The summed E-state index contributed by atoms with van der Waals surface area (Å²) in [5, 5.41) is 0. The maximum Gasteiger partial charge on any atom is 0.112 e. The van der Waals surface area contributed by atoms with Gasteiger partial charge in [0.1, 0.15) is 6.61 Å². The Hall–Kier alpha value is -1.24. The Morgan fingerprint density at radius 2 is 2.00 bits per heavy atom. The molecule has 0 saturated carbocycles. The molecule has 0 aromatic rings. The molecule has 0 aromatic heterocycles. The Labute approximate surface area is 74.7 Å². The first kappa shape index (κ1) is 10.8. The molecule has 0 aliphatic rings. The van der Waals surface area contributed by atoms with E-state index in [1.54, 1.807) is 18.4 Å². The maximum absolute atomic E-state index is 5.25. The molecule has 0 fully saturated rings. The highest BCUT2D eigenvalue weighted by Gasteiger charge is 1.87. The largest absolute Gasteiger partial charge is 0.497 e. The fourth-order valence-corrected chi connectivity index (χ4v) is 0.631. The molecule has 0 unspecified atom stereocenters. The van der Waals surface area contributed by atoms with Crippen LogP contribution >= 0.6 is 0 Å². The number of allylic oxidation sites excluding steroid dienone is 3. The average molecular weight is 164 g/mol. The van der Waals surface area contributed by atoms with E-state index in [0.717, 1.165) is 11.1 Å². The van der Waals surface area contributed by atoms with Gasteiger partial charge in [0.15, 0.2) is 0 Å². The Bertz CT molecular complexity index is 205. The molecule has 1 nitrogen and oxygen atoms in total. The highest BCUT2D eigenvalue weighted by Crippen LogP contribution is 1.99. The van der Waals surface area contributed by atoms with Gasteiger partial charge in [-0.15, -0.1) is 0 Å². The van der Waals surface area contributed by atoms with Crippen molar-refractivity contribution in [1.29, 1.82) is 0 Å². The van der Waals surface area contributed by atoms with Crippen LogP contribution in [0.25, 0.3) is 0 Å². The summed E-state index contributed by atoms with van der Waals surface area (Å²) in [6.07, 6.45) is 7.11. The van der Waals surface area contributed by atoms with Gasteiger partial charge in [0.05, 0.1) is 6.26 Å². The Kier molecular flexibility index (Phi) is 5.80. The Morgan fingerprint density at radius 3 is 2.42 bits per heavy atom. The summed E-state index contributed by atoms with van der Waals surface area (Å²) in [6.45, 7) is 11.8. The van der Waals surface area contributed by atoms with Gasteiger partial charge in [-0.1, -0.05) is 31.4 Å². The molecule has 0 radical (unpaired) electrons. The molecule has 0 N–H and O–H groups in total. The summed E-state index contributed by atoms with van der Waals surface area (Å²) in [5.41, 5.74) is 2.18. The van der Waals surface area contributed by atoms with Crippen molar-refractivity contribution < 1.29 is 4.74 Å². The minimum atomic E-state index is 0.556. The molecule has 12 heavy (non-hydrogen) atoms. The van der Waals surface area contributed by atoms with Gasteiger partial charge in [-0.05, 0) is 25.0 Å². The van der Waals surface area contributed by atoms with E-state index in [9.17, 15) is 0 Å². The highest BCUT2D eigenvalue weighted by atomic mass is 16.5. The zero-order chi connectivity index (χ0) is 9.40. The van der Waals surface area contributed by atoms with Crippen LogP contribution in [0.3, 0.4) is 0 Å². The van der Waals surface area contributed by atoms with Crippen LogP contribution in [0.5, 0.6) is 0 Å². The lowest BCUT2D eigenvalue weighted by Gasteiger charge is -2.01. The third-order valence-corrected chi connectivity index (χ3v) is 1.16. The molecule has 0 bridgehead atoms. The van der Waals surface area contributed by atoms with E-state index in [2.05, 4.69) is 13.2 Å². The molecule has 0 spiro atoms. The van der Waals surface area contributed by atoms with Crippen molar-refractivity contribution in [3.05, 3.63) is 48.8 Å². The van der Waals surface area contributed by atoms with Crippen LogP contribution in [0.2, 0.25) is 0 Å². The van der Waals surface area contributed by atoms with Gasteiger partial charge >= 0.3 is 0 Å². The van der Waals surface area contributed by atoms with E-state index in [-0.39, 0.29) is 0 Å². The Morgan fingerprint density at radius 1 is 1.33 bits per heavy atom. The first-order valence-electron chi connectivity index (χ1n) is 3.89. The van der Waals surface area contributed by atoms with Gasteiger partial charge in [-0.25, -0.2) is 0 Å². The second-order valence-electron chi connectivity index (χ2n) is 2.69. The van der Waals surface area contributed by atoms with Crippen LogP contribution in [0.4, 0.5) is 0 Å². The van der Waals surface area contributed by atoms with Gasteiger partial charge in [0.2, 0.25) is 0 Å². The van der Waals surface area contributed by atoms with Crippen LogP contribution in [0, 0.1) is 0 Å². The third kappa shape index (κ3) is 5.54. The zero-order valence-electron chi connectivity index (χ0n) is 7.84. The van der Waals surface area contributed by atoms with E-state index in [1.165, 1.54) is 0 Å². The van der Waals surface area contributed by atoms with Crippen molar-refractivity contribution in [2.75, 3.05) is 6.61 Å². The lowest BCUT2D eigenvalue weighted by atomic mass is 10.2. The van der Waals surface area contributed by atoms with E-state index in [0.29, 0.717) is 6.61 Å². The lowest BCUT2D eigenvalue weighted by molar-refractivity contribution is 0.280. The molecule has 0 aliphatic heterocycles. The van der Waals surface area contributed by atoms with Crippen molar-refractivity contribution in [2.45, 2.75) is 13.8 Å². The van der Waals surface area contributed by atoms with Gasteiger partial charge in [0.25, 0.3) is 0 Å². The highest BCUT2D eigenvalue weighted by molar-refractivity contribution is 5.21. The van der Waals surface area contributed by atoms with Crippen LogP contribution in [0.15, 0.2) is 48.8 Å². The first-order valence-corrected chi connectivity index (χ1v) is 3.89. The average Bonchev–Trinajstić information content (AvgIpc) is 2.02. The SMILES string of the molecule is C=C/C=C(\C=C)COC=C(C)C. The van der Waals surface area contributed by atoms with Crippen LogP contribution in [0.1, 0.15) is 13.8 Å². The predicted octanol–water partition coefficient (Wildman–Crippen LogP) is 3.23. The third-order valence-electron chi connectivity index (χ3n) is 1.16. The second kappa shape index (κ2) is 6.47. The second-order valence-corrected chi connectivity index (χ2v) is 2.69. The Balaban J connectivity index is 3.89. The van der Waals surface area contributed by atoms with E-state index >= 15 is 0 Å². The number of rotatable bonds is 5. The van der Waals surface area contributed by atoms with Gasteiger partial charge in [0, 0.05) is 0 Å². The predicted molar refractivity (Wildman–Crippen MR) is 53.9 cm³/mol. The fraction of sp³-hybridized carbons (Fsp3) is 0.273. The zero-order valence-corrected chi connectivity index (χ0v) is 7.84. The van der Waals surface area contributed by atoms with Gasteiger partial charge in [-0.2, -0.15) is 0 Å². The number of hydrogen-bond donors (Lipinski definition) is 0. The normalized spacial score (nSPS) is 10.3. The van der Waals surface area contributed by atoms with Crippen molar-refractivity contribution in [2.24, 2.45) is 0 Å². The summed E-state index contributed by atoms with van der Waals surface area (Å²) in [5.74, 6) is 0. The lowest BCUT2D eigenvalue weighted by Crippen LogP contribution is -1.90. The van der Waals surface area contributed by atoms with E-state index in [4.69, 9.17) is 4.74 Å². The molecular formula is C11H16O. The summed E-state index contributed by atoms with van der Waals surface area (Å²) in [4.78, 5) is 0. The van der Waals surface area contributed by atoms with Crippen LogP contribution in [-0.4, -0.2) is 6.61 Å². The minimum absolute atomic E-state index is 0.556. The molecule has 0 amide bonds. The molecule has 0 heterocycles. The fourth-order valence-electron chi connectivity index (χ4n) is 0.631. The first-order chi connectivity index (χ1) is 5.70. The quantitative estimate of drug-likeness (QED) is 0.448. The molecule has 1 heteroatoms. The van der Waals surface area contributed by atoms with E-state index < -0.39 is 0 Å². The number of hydrogen-bond acceptors (Lipinski definition) is 1. The van der Waals surface area contributed by atoms with Crippen molar-refractivity contribution in [3.8, 4) is 0 Å². The van der Waals surface area contributed by atoms with Crippen molar-refractivity contribution in [1.82, 2.24) is 0 Å². The maximum atomic E-state index is 5.25. The molecular weight excluding hydrogens is 148 g/mol. The van der Waals surface area contributed by atoms with Crippen LogP contribution < -0.4 is 0 Å². The molecule has 66 valence electrons. The summed E-state index contributed by atoms with van der Waals surface area (Å²) < 4.78 is 5.25. The monoisotopic (exact) mass is 164 g/mol. The molecule has 0 aromatic carbocycles. The standard InChI is InChI=1S/C11H16O/c1-5-7-11(6-2)9-12-8-10(3)4/h5-8H,1-2,9H2,3-4H3/b11-7+. The van der Waals surface area contributed by atoms with Gasteiger partial charge < -0.3 is 4.74 Å². The van der Waals surface area contributed by atoms with Crippen molar-refractivity contribution >= 4 is 0 Å². The smallest absolute Gasteiger partial charge is 0.112 e. The summed E-state index contributed by atoms with van der Waals surface area (Å²) in [6, 6.07) is 0.